The molecular formula is C20H23N5O. The molecule has 134 valence electrons. The predicted molar refractivity (Wildman–Crippen MR) is 102 cm³/mol. The Hall–Kier alpha value is -2.60. The van der Waals surface area contributed by atoms with Crippen molar-refractivity contribution < 1.29 is 4.79 Å². The number of hydrogen-bond acceptors (Lipinski definition) is 6. The molecule has 0 atom stereocenters. The largest absolute Gasteiger partial charge is 0.355 e. The number of anilines is 1. The van der Waals surface area contributed by atoms with E-state index >= 15 is 0 Å². The topological polar surface area (TPSA) is 84.5 Å². The van der Waals surface area contributed by atoms with Gasteiger partial charge in [0.1, 0.15) is 17.2 Å². The lowest BCUT2D eigenvalue weighted by molar-refractivity contribution is 0.106. The van der Waals surface area contributed by atoms with Crippen LogP contribution in [0.5, 0.6) is 0 Å². The first kappa shape index (κ1) is 16.8. The summed E-state index contributed by atoms with van der Waals surface area (Å²) in [6, 6.07) is 9.19. The zero-order valence-electron chi connectivity index (χ0n) is 15.0. The van der Waals surface area contributed by atoms with Gasteiger partial charge in [0.25, 0.3) is 0 Å². The molecule has 0 unspecified atom stereocenters. The molecule has 0 aliphatic carbocycles. The average molecular weight is 349 g/mol. The highest BCUT2D eigenvalue weighted by molar-refractivity contribution is 6.51. The minimum Gasteiger partial charge on any atom is -0.355 e. The van der Waals surface area contributed by atoms with Crippen molar-refractivity contribution in [2.45, 2.75) is 26.3 Å². The van der Waals surface area contributed by atoms with Gasteiger partial charge in [-0.2, -0.15) is 0 Å². The number of hydrogen-bond donors (Lipinski definition) is 1. The zero-order valence-corrected chi connectivity index (χ0v) is 15.0. The first-order chi connectivity index (χ1) is 12.6. The van der Waals surface area contributed by atoms with Gasteiger partial charge in [-0.3, -0.25) is 9.79 Å². The molecule has 0 amide bonds. The first-order valence-electron chi connectivity index (χ1n) is 9.05. The van der Waals surface area contributed by atoms with Crippen LogP contribution in [0.4, 0.5) is 5.82 Å². The van der Waals surface area contributed by atoms with E-state index in [0.717, 1.165) is 44.0 Å². The monoisotopic (exact) mass is 349 g/mol. The van der Waals surface area contributed by atoms with Crippen LogP contribution >= 0.6 is 0 Å². The second-order valence-electron chi connectivity index (χ2n) is 7.39. The average Bonchev–Trinajstić information content (AvgIpc) is 3.12. The number of nitrogens with zero attached hydrogens (tertiary/aromatic N) is 4. The molecular weight excluding hydrogens is 326 g/mol. The van der Waals surface area contributed by atoms with Crippen molar-refractivity contribution in [3.63, 3.8) is 0 Å². The van der Waals surface area contributed by atoms with Crippen molar-refractivity contribution in [2.75, 3.05) is 24.5 Å². The zero-order chi connectivity index (χ0) is 18.1. The van der Waals surface area contributed by atoms with Gasteiger partial charge in [0.15, 0.2) is 0 Å². The summed E-state index contributed by atoms with van der Waals surface area (Å²) in [7, 11) is 0. The molecule has 2 aromatic rings. The molecule has 0 bridgehead atoms. The first-order valence-corrected chi connectivity index (χ1v) is 9.05. The maximum atomic E-state index is 12.7. The van der Waals surface area contributed by atoms with Crippen LogP contribution in [0.25, 0.3) is 0 Å². The fraction of sp³-hybridized carbons (Fsp3) is 0.400. The summed E-state index contributed by atoms with van der Waals surface area (Å²) in [5.74, 6) is 0.773. The number of Topliss-reactive ketones (excluding diaryl/α,β-unsaturated/α-hetero) is 1. The smallest absolute Gasteiger partial charge is 0.213 e. The molecule has 0 spiro atoms. The van der Waals surface area contributed by atoms with E-state index in [9.17, 15) is 4.79 Å². The lowest BCUT2D eigenvalue weighted by atomic mass is 9.80. The number of carbonyl (C=O) groups excluding carboxylic acids is 1. The summed E-state index contributed by atoms with van der Waals surface area (Å²) in [5, 5.41) is 0. The molecule has 1 aromatic carbocycles. The number of ketones is 1. The van der Waals surface area contributed by atoms with E-state index in [1.807, 2.05) is 18.2 Å². The summed E-state index contributed by atoms with van der Waals surface area (Å²) in [6.45, 7) is 5.23. The summed E-state index contributed by atoms with van der Waals surface area (Å²) < 4.78 is 0. The highest BCUT2D eigenvalue weighted by atomic mass is 16.1. The third-order valence-electron chi connectivity index (χ3n) is 5.48. The van der Waals surface area contributed by atoms with Crippen LogP contribution in [0.2, 0.25) is 0 Å². The Morgan fingerprint density at radius 2 is 1.96 bits per heavy atom. The van der Waals surface area contributed by atoms with Crippen LogP contribution in [0, 0.1) is 5.41 Å². The minimum atomic E-state index is -0.0944. The van der Waals surface area contributed by atoms with Crippen LogP contribution in [0.3, 0.4) is 0 Å². The SMILES string of the molecule is CC1(CN)CCN(c2cnc3c(n2)CN=C3C(=O)c2ccccc2)CC1. The second-order valence-corrected chi connectivity index (χ2v) is 7.39. The fourth-order valence-electron chi connectivity index (χ4n) is 3.49. The van der Waals surface area contributed by atoms with Crippen LogP contribution < -0.4 is 10.6 Å². The number of carbonyl (C=O) groups is 1. The standard InChI is InChI=1S/C20H23N5O/c1-20(13-21)7-9-25(10-8-20)16-12-23-17-15(24-16)11-22-18(17)19(26)14-5-3-2-4-6-14/h2-6,12H,7-11,13,21H2,1H3. The number of aliphatic imine (C=N–C) groups is 1. The molecule has 1 fully saturated rings. The highest BCUT2D eigenvalue weighted by Crippen LogP contribution is 2.31. The van der Waals surface area contributed by atoms with Crippen LogP contribution in [0.1, 0.15) is 41.5 Å². The Balaban J connectivity index is 1.53. The Labute approximate surface area is 153 Å². The molecule has 2 aliphatic rings. The van der Waals surface area contributed by atoms with Gasteiger partial charge in [0.05, 0.1) is 18.4 Å². The summed E-state index contributed by atoms with van der Waals surface area (Å²) in [5.41, 5.74) is 8.56. The van der Waals surface area contributed by atoms with Gasteiger partial charge in [-0.05, 0) is 24.8 Å². The van der Waals surface area contributed by atoms with E-state index in [4.69, 9.17) is 10.7 Å². The molecule has 4 rings (SSSR count). The highest BCUT2D eigenvalue weighted by Gasteiger charge is 2.31. The molecule has 0 saturated carbocycles. The molecule has 3 heterocycles. The minimum absolute atomic E-state index is 0.0944. The number of fused-ring (bicyclic) bond motifs is 1. The Morgan fingerprint density at radius 3 is 2.65 bits per heavy atom. The molecule has 6 heteroatoms. The third kappa shape index (κ3) is 3.01. The van der Waals surface area contributed by atoms with Crippen molar-refractivity contribution in [1.82, 2.24) is 9.97 Å². The Morgan fingerprint density at radius 1 is 1.23 bits per heavy atom. The Bertz CT molecular complexity index is 854. The number of rotatable bonds is 4. The molecule has 6 nitrogen and oxygen atoms in total. The number of aromatic nitrogens is 2. The van der Waals surface area contributed by atoms with Crippen molar-refractivity contribution in [3.05, 3.63) is 53.5 Å². The van der Waals surface area contributed by atoms with Crippen LogP contribution in [0.15, 0.2) is 41.5 Å². The van der Waals surface area contributed by atoms with Gasteiger partial charge in [-0.25, -0.2) is 9.97 Å². The van der Waals surface area contributed by atoms with Crippen molar-refractivity contribution in [2.24, 2.45) is 16.1 Å². The van der Waals surface area contributed by atoms with E-state index in [-0.39, 0.29) is 11.2 Å². The number of nitrogens with two attached hydrogens (primary N) is 1. The van der Waals surface area contributed by atoms with Crippen LogP contribution in [-0.4, -0.2) is 41.1 Å². The van der Waals surface area contributed by atoms with Crippen LogP contribution in [-0.2, 0) is 6.54 Å². The van der Waals surface area contributed by atoms with Gasteiger partial charge in [-0.1, -0.05) is 37.3 Å². The number of piperidine rings is 1. The summed E-state index contributed by atoms with van der Waals surface area (Å²) in [6.07, 6.45) is 3.87. The predicted octanol–water partition coefficient (Wildman–Crippen LogP) is 2.23. The quantitative estimate of drug-likeness (QED) is 0.856. The van der Waals surface area contributed by atoms with Gasteiger partial charge in [0, 0.05) is 18.7 Å². The van der Waals surface area contributed by atoms with Gasteiger partial charge >= 0.3 is 0 Å². The molecule has 1 saturated heterocycles. The van der Waals surface area contributed by atoms with Crippen molar-refractivity contribution >= 4 is 17.3 Å². The lowest BCUT2D eigenvalue weighted by Crippen LogP contribution is -2.42. The maximum absolute atomic E-state index is 12.7. The summed E-state index contributed by atoms with van der Waals surface area (Å²) >= 11 is 0. The van der Waals surface area contributed by atoms with Crippen molar-refractivity contribution in [3.8, 4) is 0 Å². The molecule has 2 N–H and O–H groups in total. The maximum Gasteiger partial charge on any atom is 0.213 e. The van der Waals surface area contributed by atoms with Crippen molar-refractivity contribution in [1.29, 1.82) is 0 Å². The van der Waals surface area contributed by atoms with Gasteiger partial charge < -0.3 is 10.6 Å². The van der Waals surface area contributed by atoms with E-state index < -0.39 is 0 Å². The molecule has 0 radical (unpaired) electrons. The van der Waals surface area contributed by atoms with E-state index in [0.29, 0.717) is 23.5 Å². The lowest BCUT2D eigenvalue weighted by Gasteiger charge is -2.39. The van der Waals surface area contributed by atoms with Gasteiger partial charge in [-0.15, -0.1) is 0 Å². The third-order valence-corrected chi connectivity index (χ3v) is 5.48. The van der Waals surface area contributed by atoms with E-state index in [2.05, 4.69) is 21.8 Å². The summed E-state index contributed by atoms with van der Waals surface area (Å²) in [4.78, 5) is 28.6. The van der Waals surface area contributed by atoms with E-state index in [1.165, 1.54) is 0 Å². The second kappa shape index (κ2) is 6.61. The Kier molecular flexibility index (Phi) is 4.28. The molecule has 26 heavy (non-hydrogen) atoms. The fourth-order valence-corrected chi connectivity index (χ4v) is 3.49. The normalized spacial score (nSPS) is 18.4. The number of benzene rings is 1. The molecule has 2 aliphatic heterocycles. The molecule has 1 aromatic heterocycles. The van der Waals surface area contributed by atoms with Gasteiger partial charge in [0.2, 0.25) is 5.78 Å². The van der Waals surface area contributed by atoms with E-state index in [1.54, 1.807) is 18.3 Å².